The molecule has 1 aromatic heterocycles. The van der Waals surface area contributed by atoms with Gasteiger partial charge in [0, 0.05) is 11.6 Å². The normalized spacial score (nSPS) is 11.4. The van der Waals surface area contributed by atoms with Crippen molar-refractivity contribution in [1.82, 2.24) is 4.98 Å². The van der Waals surface area contributed by atoms with Crippen molar-refractivity contribution in [2.45, 2.75) is 6.18 Å². The van der Waals surface area contributed by atoms with E-state index in [1.165, 1.54) is 18.3 Å². The lowest BCUT2D eigenvalue weighted by atomic mass is 10.2. The Labute approximate surface area is 116 Å². The Kier molecular flexibility index (Phi) is 3.99. The molecule has 0 aliphatic heterocycles. The Morgan fingerprint density at radius 3 is 2.80 bits per heavy atom. The number of ether oxygens (including phenoxy) is 1. The summed E-state index contributed by atoms with van der Waals surface area (Å²) < 4.78 is 39.8. The molecule has 0 atom stereocenters. The van der Waals surface area contributed by atoms with Crippen molar-refractivity contribution in [3.05, 3.63) is 35.5 Å². The number of carbonyl (C=O) groups excluding carboxylic acids is 1. The van der Waals surface area contributed by atoms with Crippen molar-refractivity contribution >= 4 is 34.3 Å². The minimum Gasteiger partial charge on any atom is -0.440 e. The summed E-state index contributed by atoms with van der Waals surface area (Å²) >= 11 is 5.93. The summed E-state index contributed by atoms with van der Waals surface area (Å²) in [5.41, 5.74) is 0.701. The number of anilines is 1. The third-order valence-electron chi connectivity index (χ3n) is 2.32. The van der Waals surface area contributed by atoms with Crippen molar-refractivity contribution in [3.63, 3.8) is 0 Å². The van der Waals surface area contributed by atoms with Crippen LogP contribution in [-0.4, -0.2) is 23.9 Å². The fraction of sp³-hybridized carbons (Fsp3) is 0.167. The smallest absolute Gasteiger partial charge is 0.422 e. The van der Waals surface area contributed by atoms with Gasteiger partial charge in [-0.15, -0.1) is 0 Å². The Hall–Kier alpha value is -2.02. The first-order chi connectivity index (χ1) is 9.37. The highest BCUT2D eigenvalue weighted by Gasteiger charge is 2.29. The molecule has 0 unspecified atom stereocenters. The summed E-state index contributed by atoms with van der Waals surface area (Å²) in [5, 5.41) is 3.10. The Bertz CT molecular complexity index is 646. The average Bonchev–Trinajstić information content (AvgIpc) is 2.39. The highest BCUT2D eigenvalue weighted by atomic mass is 35.5. The number of aromatic nitrogens is 1. The van der Waals surface area contributed by atoms with Gasteiger partial charge in [-0.1, -0.05) is 11.6 Å². The van der Waals surface area contributed by atoms with Crippen LogP contribution in [0, 0.1) is 0 Å². The molecule has 1 N–H and O–H groups in total. The fourth-order valence-electron chi connectivity index (χ4n) is 1.54. The predicted octanol–water partition coefficient (Wildman–Crippen LogP) is 4.00. The molecule has 8 heteroatoms. The van der Waals surface area contributed by atoms with E-state index in [0.717, 1.165) is 0 Å². The number of fused-ring (bicyclic) bond motifs is 1. The number of alkyl halides is 3. The number of nitrogens with zero attached hydrogens (tertiary/aromatic N) is 1. The molecule has 1 aromatic carbocycles. The van der Waals surface area contributed by atoms with Gasteiger partial charge in [0.2, 0.25) is 0 Å². The lowest BCUT2D eigenvalue weighted by molar-refractivity contribution is -0.159. The number of benzene rings is 1. The number of hydrogen-bond acceptors (Lipinski definition) is 3. The maximum atomic E-state index is 11.9. The van der Waals surface area contributed by atoms with Crippen LogP contribution in [0.4, 0.5) is 23.7 Å². The lowest BCUT2D eigenvalue weighted by Crippen LogP contribution is -2.23. The van der Waals surface area contributed by atoms with Crippen LogP contribution in [0.3, 0.4) is 0 Å². The third-order valence-corrected chi connectivity index (χ3v) is 2.63. The molecule has 0 saturated carbocycles. The maximum Gasteiger partial charge on any atom is 0.422 e. The van der Waals surface area contributed by atoms with Crippen LogP contribution in [0.2, 0.25) is 5.02 Å². The van der Waals surface area contributed by atoms with Crippen LogP contribution in [0.5, 0.6) is 0 Å². The summed E-state index contributed by atoms with van der Waals surface area (Å²) in [6.45, 7) is -1.65. The van der Waals surface area contributed by atoms with Crippen molar-refractivity contribution in [2.24, 2.45) is 0 Å². The molecular weight excluding hydrogens is 297 g/mol. The van der Waals surface area contributed by atoms with Crippen LogP contribution in [0.25, 0.3) is 10.9 Å². The van der Waals surface area contributed by atoms with Crippen LogP contribution in [0.1, 0.15) is 0 Å². The minimum atomic E-state index is -4.57. The van der Waals surface area contributed by atoms with Gasteiger partial charge >= 0.3 is 12.3 Å². The van der Waals surface area contributed by atoms with E-state index in [-0.39, 0.29) is 5.69 Å². The summed E-state index contributed by atoms with van der Waals surface area (Å²) in [6, 6.07) is 6.19. The SMILES string of the molecule is O=C(Nc1ccc(Cl)c2ncccc12)OCC(F)(F)F. The average molecular weight is 305 g/mol. The largest absolute Gasteiger partial charge is 0.440 e. The molecular formula is C12H8ClF3N2O2. The van der Waals surface area contributed by atoms with Gasteiger partial charge in [0.05, 0.1) is 16.2 Å². The summed E-state index contributed by atoms with van der Waals surface area (Å²) in [7, 11) is 0. The van der Waals surface area contributed by atoms with E-state index in [1.54, 1.807) is 12.1 Å². The fourth-order valence-corrected chi connectivity index (χ4v) is 1.75. The van der Waals surface area contributed by atoms with Gasteiger partial charge in [-0.2, -0.15) is 13.2 Å². The zero-order valence-electron chi connectivity index (χ0n) is 9.87. The van der Waals surface area contributed by atoms with Crippen LogP contribution >= 0.6 is 11.6 Å². The maximum absolute atomic E-state index is 11.9. The molecule has 0 fully saturated rings. The molecule has 1 amide bonds. The number of amides is 1. The van der Waals surface area contributed by atoms with Gasteiger partial charge in [-0.05, 0) is 24.3 Å². The molecule has 2 aromatic rings. The molecule has 4 nitrogen and oxygen atoms in total. The lowest BCUT2D eigenvalue weighted by Gasteiger charge is -2.11. The van der Waals surface area contributed by atoms with Gasteiger partial charge in [0.25, 0.3) is 0 Å². The monoisotopic (exact) mass is 304 g/mol. The van der Waals surface area contributed by atoms with E-state index in [4.69, 9.17) is 11.6 Å². The molecule has 2 rings (SSSR count). The van der Waals surface area contributed by atoms with Crippen LogP contribution in [0.15, 0.2) is 30.5 Å². The highest BCUT2D eigenvalue weighted by Crippen LogP contribution is 2.28. The number of halogens is 4. The number of carbonyl (C=O) groups is 1. The second kappa shape index (κ2) is 5.54. The molecule has 106 valence electrons. The zero-order valence-corrected chi connectivity index (χ0v) is 10.6. The van der Waals surface area contributed by atoms with E-state index in [0.29, 0.717) is 15.9 Å². The van der Waals surface area contributed by atoms with E-state index < -0.39 is 18.9 Å². The van der Waals surface area contributed by atoms with E-state index in [9.17, 15) is 18.0 Å². The highest BCUT2D eigenvalue weighted by molar-refractivity contribution is 6.35. The number of pyridine rings is 1. The minimum absolute atomic E-state index is 0.268. The number of rotatable bonds is 2. The van der Waals surface area contributed by atoms with Crippen LogP contribution in [-0.2, 0) is 4.74 Å². The molecule has 0 aliphatic carbocycles. The summed E-state index contributed by atoms with van der Waals surface area (Å²) in [6.07, 6.45) is -4.25. The van der Waals surface area contributed by atoms with Gasteiger partial charge in [0.15, 0.2) is 6.61 Å². The van der Waals surface area contributed by atoms with Crippen LogP contribution < -0.4 is 5.32 Å². The Morgan fingerprint density at radius 1 is 1.35 bits per heavy atom. The van der Waals surface area contributed by atoms with Gasteiger partial charge in [0.1, 0.15) is 0 Å². The molecule has 0 spiro atoms. The van der Waals surface area contributed by atoms with E-state index in [2.05, 4.69) is 15.0 Å². The molecule has 0 saturated heterocycles. The first-order valence-corrected chi connectivity index (χ1v) is 5.78. The van der Waals surface area contributed by atoms with E-state index in [1.807, 2.05) is 0 Å². The molecule has 20 heavy (non-hydrogen) atoms. The molecule has 0 radical (unpaired) electrons. The first-order valence-electron chi connectivity index (χ1n) is 5.40. The topological polar surface area (TPSA) is 51.2 Å². The van der Waals surface area contributed by atoms with Gasteiger partial charge in [-0.3, -0.25) is 10.3 Å². The first kappa shape index (κ1) is 14.4. The van der Waals surface area contributed by atoms with E-state index >= 15 is 0 Å². The summed E-state index contributed by atoms with van der Waals surface area (Å²) in [4.78, 5) is 15.3. The van der Waals surface area contributed by atoms with Crippen molar-refractivity contribution < 1.29 is 22.7 Å². The standard InChI is InChI=1S/C12H8ClF3N2O2/c13-8-3-4-9(7-2-1-5-17-10(7)8)18-11(19)20-6-12(14,15)16/h1-5H,6H2,(H,18,19). The van der Waals surface area contributed by atoms with Gasteiger partial charge in [-0.25, -0.2) is 4.79 Å². The van der Waals surface area contributed by atoms with Crippen molar-refractivity contribution in [1.29, 1.82) is 0 Å². The Morgan fingerprint density at radius 2 is 2.10 bits per heavy atom. The second-order valence-corrected chi connectivity index (χ2v) is 4.22. The Balaban J connectivity index is 2.18. The quantitative estimate of drug-likeness (QED) is 0.912. The second-order valence-electron chi connectivity index (χ2n) is 3.81. The zero-order chi connectivity index (χ0) is 14.8. The van der Waals surface area contributed by atoms with Crippen molar-refractivity contribution in [3.8, 4) is 0 Å². The predicted molar refractivity (Wildman–Crippen MR) is 67.8 cm³/mol. The summed E-state index contributed by atoms with van der Waals surface area (Å²) in [5.74, 6) is 0. The molecule has 0 bridgehead atoms. The molecule has 0 aliphatic rings. The van der Waals surface area contributed by atoms with Gasteiger partial charge < -0.3 is 4.74 Å². The molecule has 1 heterocycles. The number of hydrogen-bond donors (Lipinski definition) is 1. The number of nitrogens with one attached hydrogen (secondary N) is 1. The van der Waals surface area contributed by atoms with Crippen molar-refractivity contribution in [2.75, 3.05) is 11.9 Å². The third kappa shape index (κ3) is 3.51.